The van der Waals surface area contributed by atoms with Gasteiger partial charge in [0.1, 0.15) is 11.6 Å². The minimum absolute atomic E-state index is 0.0251. The van der Waals surface area contributed by atoms with Crippen LogP contribution in [0.15, 0.2) is 0 Å². The lowest BCUT2D eigenvalue weighted by Gasteiger charge is -2.24. The first-order valence-electron chi connectivity index (χ1n) is 6.25. The summed E-state index contributed by atoms with van der Waals surface area (Å²) in [6.45, 7) is 8.24. The summed E-state index contributed by atoms with van der Waals surface area (Å²) < 4.78 is 42.5. The molecule has 0 aliphatic carbocycles. The Hall–Kier alpha value is -0.980. The van der Waals surface area contributed by atoms with Crippen molar-refractivity contribution in [2.45, 2.75) is 64.9 Å². The van der Waals surface area contributed by atoms with E-state index in [4.69, 9.17) is 4.74 Å². The first kappa shape index (κ1) is 18.0. The van der Waals surface area contributed by atoms with Crippen LogP contribution in [-0.2, 0) is 4.74 Å². The van der Waals surface area contributed by atoms with E-state index in [-0.39, 0.29) is 13.0 Å². The Balaban J connectivity index is 4.12. The van der Waals surface area contributed by atoms with Crippen molar-refractivity contribution < 1.29 is 22.7 Å². The van der Waals surface area contributed by atoms with Crippen LogP contribution in [-0.4, -0.2) is 36.5 Å². The number of amides is 1. The summed E-state index contributed by atoms with van der Waals surface area (Å²) in [6, 6.07) is -2.01. The molecule has 0 spiro atoms. The molecule has 0 aromatic carbocycles. The molecule has 0 saturated heterocycles. The molecule has 0 bridgehead atoms. The van der Waals surface area contributed by atoms with Gasteiger partial charge < -0.3 is 15.4 Å². The molecule has 0 aliphatic heterocycles. The number of rotatable bonds is 5. The first-order valence-corrected chi connectivity index (χ1v) is 6.25. The SMILES string of the molecule is CCC(NCC(C)NC(=O)OC(C)(C)C)C(F)(F)F. The molecule has 2 atom stereocenters. The fourth-order valence-corrected chi connectivity index (χ4v) is 1.37. The van der Waals surface area contributed by atoms with Gasteiger partial charge in [-0.2, -0.15) is 13.2 Å². The maximum atomic E-state index is 12.5. The second-order valence-corrected chi connectivity index (χ2v) is 5.46. The molecule has 0 aromatic rings. The molecule has 0 heterocycles. The Morgan fingerprint density at radius 3 is 2.16 bits per heavy atom. The van der Waals surface area contributed by atoms with E-state index in [1.54, 1.807) is 27.7 Å². The zero-order chi connectivity index (χ0) is 15.3. The Kier molecular flexibility index (Phi) is 6.62. The normalized spacial score (nSPS) is 15.8. The molecule has 4 nitrogen and oxygen atoms in total. The first-order chi connectivity index (χ1) is 8.45. The zero-order valence-electron chi connectivity index (χ0n) is 12.0. The van der Waals surface area contributed by atoms with Gasteiger partial charge in [-0.1, -0.05) is 6.92 Å². The third-order valence-corrected chi connectivity index (χ3v) is 2.24. The zero-order valence-corrected chi connectivity index (χ0v) is 12.0. The number of halogens is 3. The molecule has 1 amide bonds. The monoisotopic (exact) mass is 284 g/mol. The van der Waals surface area contributed by atoms with Gasteiger partial charge in [-0.05, 0) is 34.1 Å². The van der Waals surface area contributed by atoms with Crippen molar-refractivity contribution in [2.75, 3.05) is 6.54 Å². The van der Waals surface area contributed by atoms with Gasteiger partial charge in [0.05, 0.1) is 0 Å². The average molecular weight is 284 g/mol. The molecule has 0 saturated carbocycles. The predicted octanol–water partition coefficient (Wildman–Crippen LogP) is 2.83. The summed E-state index contributed by atoms with van der Waals surface area (Å²) in [5.74, 6) is 0. The van der Waals surface area contributed by atoms with Gasteiger partial charge in [-0.15, -0.1) is 0 Å². The van der Waals surface area contributed by atoms with E-state index in [0.29, 0.717) is 0 Å². The molecule has 19 heavy (non-hydrogen) atoms. The van der Waals surface area contributed by atoms with Gasteiger partial charge >= 0.3 is 12.3 Å². The van der Waals surface area contributed by atoms with Crippen LogP contribution in [0.25, 0.3) is 0 Å². The molecule has 0 aliphatic rings. The Labute approximate surface area is 112 Å². The molecule has 114 valence electrons. The van der Waals surface area contributed by atoms with Gasteiger partial charge in [0.25, 0.3) is 0 Å². The van der Waals surface area contributed by atoms with Crippen molar-refractivity contribution in [3.05, 3.63) is 0 Å². The standard InChI is InChI=1S/C12H23F3N2O2/c1-6-9(12(13,14)15)16-7-8(2)17-10(18)19-11(3,4)5/h8-9,16H,6-7H2,1-5H3,(H,17,18). The van der Waals surface area contributed by atoms with E-state index in [0.717, 1.165) is 0 Å². The van der Waals surface area contributed by atoms with Gasteiger partial charge in [0.15, 0.2) is 0 Å². The minimum atomic E-state index is -4.28. The van der Waals surface area contributed by atoms with Crippen LogP contribution in [0.5, 0.6) is 0 Å². The third kappa shape index (κ3) is 8.69. The Morgan fingerprint density at radius 1 is 1.26 bits per heavy atom. The summed E-state index contributed by atoms with van der Waals surface area (Å²) in [7, 11) is 0. The fourth-order valence-electron chi connectivity index (χ4n) is 1.37. The predicted molar refractivity (Wildman–Crippen MR) is 67.0 cm³/mol. The van der Waals surface area contributed by atoms with E-state index in [1.807, 2.05) is 0 Å². The van der Waals surface area contributed by atoms with E-state index in [1.165, 1.54) is 6.92 Å². The van der Waals surface area contributed by atoms with Crippen molar-refractivity contribution in [3.63, 3.8) is 0 Å². The molecule has 7 heteroatoms. The van der Waals surface area contributed by atoms with Gasteiger partial charge in [-0.25, -0.2) is 4.79 Å². The molecular formula is C12H23F3N2O2. The van der Waals surface area contributed by atoms with Crippen LogP contribution in [0.1, 0.15) is 41.0 Å². The van der Waals surface area contributed by atoms with E-state index in [9.17, 15) is 18.0 Å². The van der Waals surface area contributed by atoms with Crippen molar-refractivity contribution in [2.24, 2.45) is 0 Å². The minimum Gasteiger partial charge on any atom is -0.444 e. The molecule has 0 rings (SSSR count). The van der Waals surface area contributed by atoms with Crippen molar-refractivity contribution in [1.82, 2.24) is 10.6 Å². The van der Waals surface area contributed by atoms with Gasteiger partial charge in [0, 0.05) is 12.6 Å². The number of nitrogens with one attached hydrogen (secondary N) is 2. The number of alkyl carbamates (subject to hydrolysis) is 1. The van der Waals surface area contributed by atoms with Crippen molar-refractivity contribution in [3.8, 4) is 0 Å². The summed E-state index contributed by atoms with van der Waals surface area (Å²) >= 11 is 0. The fraction of sp³-hybridized carbons (Fsp3) is 0.917. The lowest BCUT2D eigenvalue weighted by Crippen LogP contribution is -2.48. The second kappa shape index (κ2) is 6.98. The lowest BCUT2D eigenvalue weighted by molar-refractivity contribution is -0.156. The Morgan fingerprint density at radius 2 is 1.79 bits per heavy atom. The van der Waals surface area contributed by atoms with Crippen molar-refractivity contribution in [1.29, 1.82) is 0 Å². The smallest absolute Gasteiger partial charge is 0.407 e. The number of alkyl halides is 3. The highest BCUT2D eigenvalue weighted by atomic mass is 19.4. The summed E-state index contributed by atoms with van der Waals surface area (Å²) in [5, 5.41) is 4.86. The molecule has 0 aromatic heterocycles. The van der Waals surface area contributed by atoms with Crippen LogP contribution in [0.2, 0.25) is 0 Å². The Bertz CT molecular complexity index is 288. The molecule has 0 fully saturated rings. The molecular weight excluding hydrogens is 261 g/mol. The van der Waals surface area contributed by atoms with Gasteiger partial charge in [-0.3, -0.25) is 0 Å². The summed E-state index contributed by atoms with van der Waals surface area (Å²) in [5.41, 5.74) is -0.630. The summed E-state index contributed by atoms with van der Waals surface area (Å²) in [6.07, 6.45) is -4.97. The molecule has 2 unspecified atom stereocenters. The van der Waals surface area contributed by atoms with Crippen LogP contribution in [0.4, 0.5) is 18.0 Å². The van der Waals surface area contributed by atoms with E-state index >= 15 is 0 Å². The maximum Gasteiger partial charge on any atom is 0.407 e. The number of hydrogen-bond donors (Lipinski definition) is 2. The molecule has 0 radical (unpaired) electrons. The lowest BCUT2D eigenvalue weighted by atomic mass is 10.2. The summed E-state index contributed by atoms with van der Waals surface area (Å²) in [4.78, 5) is 11.4. The van der Waals surface area contributed by atoms with Gasteiger partial charge in [0.2, 0.25) is 0 Å². The van der Waals surface area contributed by atoms with Crippen LogP contribution < -0.4 is 10.6 Å². The highest BCUT2D eigenvalue weighted by molar-refractivity contribution is 5.68. The third-order valence-electron chi connectivity index (χ3n) is 2.24. The largest absolute Gasteiger partial charge is 0.444 e. The van der Waals surface area contributed by atoms with E-state index < -0.39 is 30.0 Å². The quantitative estimate of drug-likeness (QED) is 0.816. The number of ether oxygens (including phenoxy) is 1. The number of carbonyl (C=O) groups excluding carboxylic acids is 1. The van der Waals surface area contributed by atoms with Crippen molar-refractivity contribution >= 4 is 6.09 Å². The van der Waals surface area contributed by atoms with Crippen LogP contribution in [0.3, 0.4) is 0 Å². The second-order valence-electron chi connectivity index (χ2n) is 5.46. The highest BCUT2D eigenvalue weighted by Crippen LogP contribution is 2.22. The number of hydrogen-bond acceptors (Lipinski definition) is 3. The van der Waals surface area contributed by atoms with Crippen LogP contribution >= 0.6 is 0 Å². The van der Waals surface area contributed by atoms with E-state index in [2.05, 4.69) is 10.6 Å². The topological polar surface area (TPSA) is 50.4 Å². The maximum absolute atomic E-state index is 12.5. The molecule has 2 N–H and O–H groups in total. The number of carbonyl (C=O) groups is 1. The highest BCUT2D eigenvalue weighted by Gasteiger charge is 2.37. The average Bonchev–Trinajstić information content (AvgIpc) is 2.12. The van der Waals surface area contributed by atoms with Crippen LogP contribution in [0, 0.1) is 0 Å².